The van der Waals surface area contributed by atoms with Crippen LogP contribution in [0.4, 0.5) is 0 Å². The van der Waals surface area contributed by atoms with Crippen molar-refractivity contribution in [3.63, 3.8) is 0 Å². The van der Waals surface area contributed by atoms with Gasteiger partial charge in [-0.25, -0.2) is 4.98 Å². The maximum Gasteiger partial charge on any atom is 0.326 e. The fourth-order valence-electron chi connectivity index (χ4n) is 8.25. The van der Waals surface area contributed by atoms with Crippen LogP contribution in [0.1, 0.15) is 65.7 Å². The average molecular weight is 865 g/mol. The first kappa shape index (κ1) is 41.9. The number of fused-ring (bicyclic) bond motifs is 1. The van der Waals surface area contributed by atoms with Gasteiger partial charge in [-0.15, -0.1) is 0 Å². The molecule has 3 aliphatic rings. The Morgan fingerprint density at radius 3 is 2.56 bits per heavy atom. The van der Waals surface area contributed by atoms with Crippen molar-refractivity contribution in [2.45, 2.75) is 69.5 Å². The number of ether oxygens (including phenoxy) is 3. The number of methoxy groups -OCH3 is 1. The summed E-state index contributed by atoms with van der Waals surface area (Å²) in [5, 5.41) is 35.6. The Hall–Kier alpha value is -5.82. The van der Waals surface area contributed by atoms with Gasteiger partial charge in [-0.05, 0) is 61.1 Å². The lowest BCUT2D eigenvalue weighted by Crippen LogP contribution is -2.66. The molecule has 1 amide bonds. The van der Waals surface area contributed by atoms with E-state index in [9.17, 15) is 25.1 Å². The highest BCUT2D eigenvalue weighted by atomic mass is 35.5. The Kier molecular flexibility index (Phi) is 11.9. The third-order valence-electron chi connectivity index (χ3n) is 11.6. The number of nitriles is 1. The number of halogens is 2. The van der Waals surface area contributed by atoms with Crippen LogP contribution in [-0.2, 0) is 35.7 Å². The molecule has 2 saturated heterocycles. The van der Waals surface area contributed by atoms with E-state index >= 15 is 0 Å². The van der Waals surface area contributed by atoms with Crippen molar-refractivity contribution in [3.8, 4) is 46.1 Å². The molecule has 0 unspecified atom stereocenters. The quantitative estimate of drug-likeness (QED) is 0.0902. The molecule has 8 rings (SSSR count). The molecule has 5 heterocycles. The molecular weight excluding hydrogens is 821 g/mol. The predicted octanol–water partition coefficient (Wildman–Crippen LogP) is 6.43. The number of carbonyl (C=O) groups is 2. The molecule has 314 valence electrons. The number of nitrogens with one attached hydrogen (secondary N) is 2. The van der Waals surface area contributed by atoms with Gasteiger partial charge in [0, 0.05) is 72.8 Å². The molecule has 2 fully saturated rings. The van der Waals surface area contributed by atoms with Crippen LogP contribution in [0.25, 0.3) is 22.4 Å². The molecule has 14 nitrogen and oxygen atoms in total. The minimum absolute atomic E-state index is 0.00281. The number of hydrogen-bond donors (Lipinski definition) is 4. The monoisotopic (exact) mass is 863 g/mol. The molecule has 1 aliphatic carbocycles. The van der Waals surface area contributed by atoms with Crippen molar-refractivity contribution in [2.24, 2.45) is 0 Å². The van der Waals surface area contributed by atoms with Crippen LogP contribution >= 0.6 is 23.2 Å². The van der Waals surface area contributed by atoms with E-state index in [1.807, 2.05) is 48.5 Å². The fraction of sp³-hybridized carbons (Fsp3) is 0.333. The van der Waals surface area contributed by atoms with Gasteiger partial charge in [0.15, 0.2) is 0 Å². The lowest BCUT2D eigenvalue weighted by Gasteiger charge is -2.48. The van der Waals surface area contributed by atoms with Crippen LogP contribution in [0.15, 0.2) is 73.1 Å². The topological polar surface area (TPSA) is 192 Å². The Morgan fingerprint density at radius 2 is 1.82 bits per heavy atom. The molecular formula is C45H43Cl2N7O7. The number of benzene rings is 2. The number of aliphatic hydroxyl groups is 1. The summed E-state index contributed by atoms with van der Waals surface area (Å²) in [7, 11) is 1.61. The van der Waals surface area contributed by atoms with E-state index in [-0.39, 0.29) is 41.4 Å². The van der Waals surface area contributed by atoms with E-state index < -0.39 is 24.2 Å². The van der Waals surface area contributed by atoms with Gasteiger partial charge in [0.25, 0.3) is 0 Å². The number of aliphatic carboxylic acids is 1. The van der Waals surface area contributed by atoms with Crippen LogP contribution in [0, 0.1) is 11.3 Å². The third kappa shape index (κ3) is 8.57. The number of rotatable bonds is 15. The fourth-order valence-corrected chi connectivity index (χ4v) is 8.79. The van der Waals surface area contributed by atoms with Crippen LogP contribution in [-0.4, -0.2) is 79.8 Å². The molecule has 16 heteroatoms. The zero-order chi connectivity index (χ0) is 42.9. The van der Waals surface area contributed by atoms with Crippen LogP contribution in [0.3, 0.4) is 0 Å². The van der Waals surface area contributed by atoms with E-state index in [0.717, 1.165) is 52.9 Å². The highest BCUT2D eigenvalue weighted by molar-refractivity contribution is 6.36. The van der Waals surface area contributed by atoms with Gasteiger partial charge in [0.1, 0.15) is 29.3 Å². The highest BCUT2D eigenvalue weighted by Crippen LogP contribution is 2.45. The Balaban J connectivity index is 1.03. The van der Waals surface area contributed by atoms with Gasteiger partial charge in [0.2, 0.25) is 23.5 Å². The second-order valence-electron chi connectivity index (χ2n) is 15.9. The Morgan fingerprint density at radius 1 is 1.03 bits per heavy atom. The number of pyridine rings is 3. The Bertz CT molecular complexity index is 2560. The van der Waals surface area contributed by atoms with Gasteiger partial charge in [-0.2, -0.15) is 10.2 Å². The molecule has 2 aliphatic heterocycles. The van der Waals surface area contributed by atoms with Gasteiger partial charge in [-0.1, -0.05) is 65.7 Å². The summed E-state index contributed by atoms with van der Waals surface area (Å²) in [6, 6.07) is 21.2. The molecule has 0 bridgehead atoms. The summed E-state index contributed by atoms with van der Waals surface area (Å²) in [5.41, 5.74) is 5.91. The van der Waals surface area contributed by atoms with Crippen molar-refractivity contribution >= 4 is 35.1 Å². The number of carboxylic acids is 1. The number of amides is 1. The second-order valence-corrected chi connectivity index (χ2v) is 16.7. The van der Waals surface area contributed by atoms with Crippen molar-refractivity contribution in [1.82, 2.24) is 30.5 Å². The normalized spacial score (nSPS) is 17.5. The van der Waals surface area contributed by atoms with Gasteiger partial charge >= 0.3 is 5.97 Å². The van der Waals surface area contributed by atoms with E-state index in [4.69, 9.17) is 42.4 Å². The highest BCUT2D eigenvalue weighted by Gasteiger charge is 2.47. The number of aliphatic hydroxyl groups excluding tert-OH is 1. The summed E-state index contributed by atoms with van der Waals surface area (Å²) in [5.74, 6) is -0.339. The minimum Gasteiger partial charge on any atom is -0.481 e. The summed E-state index contributed by atoms with van der Waals surface area (Å²) in [6.07, 6.45) is 5.37. The van der Waals surface area contributed by atoms with Crippen molar-refractivity contribution < 1.29 is 34.0 Å². The van der Waals surface area contributed by atoms with Crippen molar-refractivity contribution in [3.05, 3.63) is 116 Å². The summed E-state index contributed by atoms with van der Waals surface area (Å²) >= 11 is 14.0. The molecule has 2 atom stereocenters. The summed E-state index contributed by atoms with van der Waals surface area (Å²) in [6.45, 7) is 2.92. The second kappa shape index (κ2) is 17.3. The SMILES string of the molecule is COc1nc(-c2cccc(-c3cccc4c3CC[C@@H]4Oc3nc(OCc4cncc(C#N)c4)c(CN[C@@](C)(CO)C(=O)O)cc3Cl)c2Cl)ccc1CN1CC2(CCC(=O)N2)C1. The molecule has 4 N–H and O–H groups in total. The Labute approximate surface area is 362 Å². The minimum atomic E-state index is -1.64. The van der Waals surface area contributed by atoms with Gasteiger partial charge in [-0.3, -0.25) is 24.8 Å². The largest absolute Gasteiger partial charge is 0.481 e. The van der Waals surface area contributed by atoms with Crippen LogP contribution in [0.2, 0.25) is 10.0 Å². The first-order valence-corrected chi connectivity index (χ1v) is 20.6. The number of hydrogen-bond acceptors (Lipinski definition) is 12. The predicted molar refractivity (Wildman–Crippen MR) is 226 cm³/mol. The molecule has 5 aromatic rings. The van der Waals surface area contributed by atoms with E-state index in [0.29, 0.717) is 59.1 Å². The number of carboxylic acid groups (broad SMARTS) is 1. The standard InChI is InChI=1S/C45H43Cl2N7O7/c1-44(25-55,43(57)58)50-20-29-16-35(46)42(52-41(29)60-22-27-15-26(17-48)18-49-19-27)61-37-12-10-31-30(5-3-6-32(31)37)33-7-4-8-34(39(33)47)36-11-9-28(40(51-36)59-2)21-54-23-45(24-54)14-13-38(56)53-45/h3-9,11,15-16,18-19,37,50,55H,10,12-14,20-25H2,1-2H3,(H,53,56)(H,57,58)/t37-,44-/m0/s1. The van der Waals surface area contributed by atoms with E-state index in [2.05, 4.69) is 31.6 Å². The maximum atomic E-state index is 11.9. The van der Waals surface area contributed by atoms with Gasteiger partial charge in [0.05, 0.1) is 35.5 Å². The molecule has 1 spiro atoms. The lowest BCUT2D eigenvalue weighted by atomic mass is 9.88. The lowest BCUT2D eigenvalue weighted by molar-refractivity contribution is -0.146. The molecule has 2 aromatic carbocycles. The zero-order valence-electron chi connectivity index (χ0n) is 33.5. The number of likely N-dealkylation sites (tertiary alicyclic amines) is 1. The smallest absolute Gasteiger partial charge is 0.326 e. The first-order chi connectivity index (χ1) is 29.4. The first-order valence-electron chi connectivity index (χ1n) is 19.8. The van der Waals surface area contributed by atoms with Crippen LogP contribution < -0.4 is 24.8 Å². The third-order valence-corrected chi connectivity index (χ3v) is 12.3. The zero-order valence-corrected chi connectivity index (χ0v) is 35.0. The molecule has 61 heavy (non-hydrogen) atoms. The summed E-state index contributed by atoms with van der Waals surface area (Å²) < 4.78 is 18.4. The molecule has 0 radical (unpaired) electrons. The van der Waals surface area contributed by atoms with Crippen LogP contribution in [0.5, 0.6) is 17.6 Å². The van der Waals surface area contributed by atoms with Crippen molar-refractivity contribution in [2.75, 3.05) is 26.8 Å². The number of carbonyl (C=O) groups excluding carboxylic acids is 1. The van der Waals surface area contributed by atoms with Gasteiger partial charge < -0.3 is 29.7 Å². The van der Waals surface area contributed by atoms with E-state index in [1.54, 1.807) is 25.4 Å². The average Bonchev–Trinajstić information content (AvgIpc) is 3.86. The number of aromatic nitrogens is 3. The summed E-state index contributed by atoms with van der Waals surface area (Å²) in [4.78, 5) is 39.7. The molecule has 0 saturated carbocycles. The number of nitrogens with zero attached hydrogens (tertiary/aromatic N) is 5. The van der Waals surface area contributed by atoms with E-state index in [1.165, 1.54) is 13.1 Å². The van der Waals surface area contributed by atoms with Crippen molar-refractivity contribution in [1.29, 1.82) is 5.26 Å². The maximum absolute atomic E-state index is 11.9. The molecule has 3 aromatic heterocycles.